The van der Waals surface area contributed by atoms with Gasteiger partial charge in [-0.25, -0.2) is 5.10 Å². The number of likely N-dealkylation sites (tertiary alicyclic amines) is 1. The summed E-state index contributed by atoms with van der Waals surface area (Å²) >= 11 is 0. The van der Waals surface area contributed by atoms with Crippen molar-refractivity contribution < 1.29 is 28.3 Å². The molecule has 4 heterocycles. The fraction of sp³-hybridized carbons (Fsp3) is 0.357. The van der Waals surface area contributed by atoms with Gasteiger partial charge < -0.3 is 23.6 Å². The molecule has 0 unspecified atom stereocenters. The molecule has 4 aromatic rings. The molecule has 2 aromatic heterocycles. The smallest absolute Gasteiger partial charge is 0.254 e. The molecule has 206 valence electrons. The molecule has 1 spiro atoms. The Labute approximate surface area is 229 Å². The number of tetrazole rings is 1. The summed E-state index contributed by atoms with van der Waals surface area (Å²) in [5, 5.41) is 17.6. The van der Waals surface area contributed by atoms with Crippen LogP contribution in [0.3, 0.4) is 0 Å². The molecule has 1 N–H and O–H groups in total. The Morgan fingerprint density at radius 3 is 2.45 bits per heavy atom. The van der Waals surface area contributed by atoms with Gasteiger partial charge in [-0.2, -0.15) is 0 Å². The van der Waals surface area contributed by atoms with Crippen LogP contribution in [-0.2, 0) is 0 Å². The van der Waals surface area contributed by atoms with Crippen molar-refractivity contribution in [2.24, 2.45) is 0 Å². The van der Waals surface area contributed by atoms with Crippen LogP contribution in [0.1, 0.15) is 53.8 Å². The molecule has 12 nitrogen and oxygen atoms in total. The lowest BCUT2D eigenvalue weighted by molar-refractivity contribution is -0.00572. The number of carbonyl (C=O) groups is 2. The zero-order valence-electron chi connectivity index (χ0n) is 22.2. The number of rotatable bonds is 7. The quantitative estimate of drug-likeness (QED) is 0.363. The first kappa shape index (κ1) is 25.5. The van der Waals surface area contributed by atoms with Gasteiger partial charge in [-0.15, -0.1) is 5.10 Å². The zero-order chi connectivity index (χ0) is 27.7. The number of carbonyl (C=O) groups excluding carboxylic acids is 2. The lowest BCUT2D eigenvalue weighted by Gasteiger charge is -2.44. The van der Waals surface area contributed by atoms with E-state index < -0.39 is 5.60 Å². The van der Waals surface area contributed by atoms with Gasteiger partial charge in [0.15, 0.2) is 11.6 Å². The van der Waals surface area contributed by atoms with Crippen molar-refractivity contribution in [3.8, 4) is 39.8 Å². The second kappa shape index (κ2) is 10.4. The first-order chi connectivity index (χ1) is 19.5. The molecule has 1 fully saturated rings. The average molecular weight is 545 g/mol. The maximum Gasteiger partial charge on any atom is 0.254 e. The van der Waals surface area contributed by atoms with E-state index >= 15 is 0 Å². The second-order valence-electron chi connectivity index (χ2n) is 9.76. The Kier molecular flexibility index (Phi) is 6.66. The Morgan fingerprint density at radius 1 is 1.07 bits per heavy atom. The maximum atomic E-state index is 13.7. The highest BCUT2D eigenvalue weighted by Gasteiger charge is 2.44. The normalized spacial score (nSPS) is 15.9. The number of nitrogens with one attached hydrogen (secondary N) is 1. The van der Waals surface area contributed by atoms with Crippen molar-refractivity contribution in [2.45, 2.75) is 38.7 Å². The number of hydrogen-bond donors (Lipinski definition) is 1. The van der Waals surface area contributed by atoms with E-state index in [4.69, 9.17) is 18.7 Å². The molecule has 1 amide bonds. The lowest BCUT2D eigenvalue weighted by atomic mass is 9.82. The summed E-state index contributed by atoms with van der Waals surface area (Å²) in [5.41, 5.74) is 2.43. The van der Waals surface area contributed by atoms with Crippen molar-refractivity contribution in [1.82, 2.24) is 30.7 Å². The van der Waals surface area contributed by atoms with Crippen LogP contribution >= 0.6 is 0 Å². The van der Waals surface area contributed by atoms with Crippen molar-refractivity contribution in [1.29, 1.82) is 0 Å². The highest BCUT2D eigenvalue weighted by atomic mass is 16.5. The molecule has 0 atom stereocenters. The van der Waals surface area contributed by atoms with Gasteiger partial charge in [0, 0.05) is 42.6 Å². The van der Waals surface area contributed by atoms with Gasteiger partial charge in [0.05, 0.1) is 37.0 Å². The topological polar surface area (TPSA) is 146 Å². The third kappa shape index (κ3) is 4.65. The summed E-state index contributed by atoms with van der Waals surface area (Å²) in [6, 6.07) is 8.83. The van der Waals surface area contributed by atoms with Crippen LogP contribution in [0.5, 0.6) is 17.2 Å². The van der Waals surface area contributed by atoms with Crippen LogP contribution in [0.4, 0.5) is 0 Å². The molecule has 0 bridgehead atoms. The molecular formula is C28H28N6O6. The van der Waals surface area contributed by atoms with Gasteiger partial charge in [0.1, 0.15) is 29.1 Å². The number of ether oxygens (including phenoxy) is 3. The van der Waals surface area contributed by atoms with Gasteiger partial charge in [0.2, 0.25) is 0 Å². The molecule has 40 heavy (non-hydrogen) atoms. The van der Waals surface area contributed by atoms with Crippen molar-refractivity contribution in [3.63, 3.8) is 0 Å². The minimum atomic E-state index is -0.652. The number of piperidine rings is 1. The molecule has 0 saturated carbocycles. The number of Topliss-reactive ketones (excluding diaryl/α,β-unsaturated/α-hetero) is 1. The third-order valence-electron chi connectivity index (χ3n) is 7.30. The van der Waals surface area contributed by atoms with Crippen LogP contribution in [0.15, 0.2) is 47.3 Å². The van der Waals surface area contributed by atoms with E-state index in [1.165, 1.54) is 6.26 Å². The number of aromatic amines is 1. The first-order valence-electron chi connectivity index (χ1n) is 13.2. The second-order valence-corrected chi connectivity index (χ2v) is 9.76. The molecule has 12 heteroatoms. The first-order valence-corrected chi connectivity index (χ1v) is 13.2. The van der Waals surface area contributed by atoms with E-state index in [1.807, 2.05) is 19.9 Å². The number of aromatic nitrogens is 5. The summed E-state index contributed by atoms with van der Waals surface area (Å²) in [4.78, 5) is 28.6. The summed E-state index contributed by atoms with van der Waals surface area (Å²) < 4.78 is 23.3. The fourth-order valence-electron chi connectivity index (χ4n) is 5.37. The summed E-state index contributed by atoms with van der Waals surface area (Å²) in [5.74, 6) is 1.93. The average Bonchev–Trinajstić information content (AvgIpc) is 3.69. The number of fused-ring (bicyclic) bond motifs is 1. The number of benzene rings is 2. The van der Waals surface area contributed by atoms with Crippen LogP contribution < -0.4 is 14.2 Å². The Bertz CT molecular complexity index is 1500. The van der Waals surface area contributed by atoms with Gasteiger partial charge in [-0.1, -0.05) is 5.16 Å². The third-order valence-corrected chi connectivity index (χ3v) is 7.30. The Balaban J connectivity index is 1.21. The van der Waals surface area contributed by atoms with Gasteiger partial charge >= 0.3 is 0 Å². The molecule has 1 saturated heterocycles. The predicted molar refractivity (Wildman–Crippen MR) is 141 cm³/mol. The van der Waals surface area contributed by atoms with Crippen molar-refractivity contribution in [3.05, 3.63) is 53.9 Å². The van der Waals surface area contributed by atoms with E-state index in [2.05, 4.69) is 25.8 Å². The monoisotopic (exact) mass is 544 g/mol. The molecule has 6 rings (SSSR count). The molecule has 2 aromatic carbocycles. The summed E-state index contributed by atoms with van der Waals surface area (Å²) in [7, 11) is 0. The van der Waals surface area contributed by atoms with E-state index in [-0.39, 0.29) is 18.1 Å². The van der Waals surface area contributed by atoms with Crippen LogP contribution in [0.25, 0.3) is 22.5 Å². The van der Waals surface area contributed by atoms with Crippen LogP contribution in [0, 0.1) is 0 Å². The number of ketones is 1. The van der Waals surface area contributed by atoms with Crippen LogP contribution in [0.2, 0.25) is 0 Å². The molecule has 2 aliphatic rings. The highest BCUT2D eigenvalue weighted by molar-refractivity contribution is 6.01. The van der Waals surface area contributed by atoms with Gasteiger partial charge in [-0.3, -0.25) is 9.59 Å². The number of H-pyrrole nitrogens is 1. The van der Waals surface area contributed by atoms with E-state index in [9.17, 15) is 9.59 Å². The lowest BCUT2D eigenvalue weighted by Crippen LogP contribution is -2.52. The maximum absolute atomic E-state index is 13.7. The summed E-state index contributed by atoms with van der Waals surface area (Å²) in [6.45, 7) is 5.49. The molecule has 0 radical (unpaired) electrons. The van der Waals surface area contributed by atoms with Crippen molar-refractivity contribution >= 4 is 11.7 Å². The van der Waals surface area contributed by atoms with Gasteiger partial charge in [0.25, 0.3) is 5.91 Å². The number of amides is 1. The van der Waals surface area contributed by atoms with Gasteiger partial charge in [-0.05, 0) is 54.6 Å². The fourth-order valence-corrected chi connectivity index (χ4v) is 5.37. The molecular weight excluding hydrogens is 516 g/mol. The molecule has 0 aliphatic carbocycles. The van der Waals surface area contributed by atoms with Crippen LogP contribution in [-0.4, -0.2) is 74.3 Å². The zero-order valence-corrected chi connectivity index (χ0v) is 22.2. The largest absolute Gasteiger partial charge is 0.493 e. The minimum Gasteiger partial charge on any atom is -0.493 e. The number of hydrogen-bond acceptors (Lipinski definition) is 10. The standard InChI is InChI=1S/C28H28N6O6/c1-3-37-23-12-18(13-24(38-4-2)25(23)19-15-29-39-16-19)27(36)34-9-7-28(8-10-34)14-21(35)20-11-17(5-6-22(20)40-28)26-30-32-33-31-26/h5-6,11-13,15-16H,3-4,7-10,14H2,1-2H3,(H,30,31,32,33). The number of nitrogens with zero attached hydrogens (tertiary/aromatic N) is 5. The minimum absolute atomic E-state index is 0.00221. The SMILES string of the molecule is CCOc1cc(C(=O)N2CCC3(CC2)CC(=O)c2cc(-c4nnn[nH]4)ccc2O3)cc(OCC)c1-c1cnoc1. The summed E-state index contributed by atoms with van der Waals surface area (Å²) in [6.07, 6.45) is 4.42. The van der Waals surface area contributed by atoms with E-state index in [0.717, 1.165) is 0 Å². The Morgan fingerprint density at radius 2 is 1.82 bits per heavy atom. The predicted octanol–water partition coefficient (Wildman–Crippen LogP) is 3.96. The highest BCUT2D eigenvalue weighted by Crippen LogP contribution is 2.42. The molecule has 2 aliphatic heterocycles. The Hall–Kier alpha value is -4.74. The van der Waals surface area contributed by atoms with E-state index in [0.29, 0.717) is 90.0 Å². The van der Waals surface area contributed by atoms with E-state index in [1.54, 1.807) is 35.4 Å². The van der Waals surface area contributed by atoms with Crippen molar-refractivity contribution in [2.75, 3.05) is 26.3 Å².